The van der Waals surface area contributed by atoms with E-state index in [1.165, 1.54) is 25.9 Å². The molecule has 5 nitrogen and oxygen atoms in total. The second-order valence-corrected chi connectivity index (χ2v) is 8.55. The lowest BCUT2D eigenvalue weighted by atomic mass is 9.93. The van der Waals surface area contributed by atoms with E-state index < -0.39 is 0 Å². The molecule has 1 aliphatic rings. The zero-order chi connectivity index (χ0) is 15.9. The molecule has 22 heavy (non-hydrogen) atoms. The second kappa shape index (κ2) is 5.81. The molecule has 0 bridgehead atoms. The fourth-order valence-electron chi connectivity index (χ4n) is 2.92. The second-order valence-electron chi connectivity index (χ2n) is 7.62. The summed E-state index contributed by atoms with van der Waals surface area (Å²) in [7, 11) is 4.36. The largest absolute Gasteiger partial charge is 0.349 e. The molecule has 1 fully saturated rings. The van der Waals surface area contributed by atoms with Crippen molar-refractivity contribution < 1.29 is 0 Å². The Kier molecular flexibility index (Phi) is 4.16. The van der Waals surface area contributed by atoms with Gasteiger partial charge in [0.05, 0.1) is 11.9 Å². The van der Waals surface area contributed by atoms with E-state index in [1.54, 1.807) is 11.3 Å². The van der Waals surface area contributed by atoms with Gasteiger partial charge < -0.3 is 9.80 Å². The molecule has 0 spiro atoms. The van der Waals surface area contributed by atoms with Crippen molar-refractivity contribution in [3.05, 3.63) is 11.9 Å². The maximum absolute atomic E-state index is 4.73. The van der Waals surface area contributed by atoms with Crippen LogP contribution in [0.3, 0.4) is 0 Å². The summed E-state index contributed by atoms with van der Waals surface area (Å²) < 4.78 is 1.94. The fraction of sp³-hybridized carbons (Fsp3) is 0.750. The van der Waals surface area contributed by atoms with Crippen molar-refractivity contribution in [2.75, 3.05) is 38.6 Å². The van der Waals surface area contributed by atoms with Gasteiger partial charge in [0, 0.05) is 19.0 Å². The standard InChI is InChI=1S/C16H27N5S/c1-16(2,3)13-11-21-14(17-13)22-15(18-21)20(5)10-12-6-8-19(4)9-7-12/h11-12H,6-10H2,1-5H3. The first-order valence-corrected chi connectivity index (χ1v) is 8.91. The minimum atomic E-state index is 0.0770. The number of anilines is 1. The van der Waals surface area contributed by atoms with Crippen LogP contribution < -0.4 is 4.90 Å². The van der Waals surface area contributed by atoms with Gasteiger partial charge in [-0.25, -0.2) is 9.50 Å². The van der Waals surface area contributed by atoms with Crippen molar-refractivity contribution >= 4 is 21.4 Å². The molecule has 3 heterocycles. The van der Waals surface area contributed by atoms with Crippen LogP contribution in [0.5, 0.6) is 0 Å². The molecule has 122 valence electrons. The van der Waals surface area contributed by atoms with E-state index in [0.717, 1.165) is 28.2 Å². The molecule has 0 amide bonds. The predicted octanol–water partition coefficient (Wildman–Crippen LogP) is 2.87. The van der Waals surface area contributed by atoms with Crippen molar-refractivity contribution in [2.45, 2.75) is 39.0 Å². The molecule has 0 atom stereocenters. The maximum atomic E-state index is 4.73. The summed E-state index contributed by atoms with van der Waals surface area (Å²) in [5.74, 6) is 0.780. The van der Waals surface area contributed by atoms with Gasteiger partial charge in [-0.2, -0.15) is 0 Å². The molecule has 6 heteroatoms. The van der Waals surface area contributed by atoms with Crippen molar-refractivity contribution in [3.8, 4) is 0 Å². The van der Waals surface area contributed by atoms with Crippen LogP contribution in [0.2, 0.25) is 0 Å². The SMILES string of the molecule is CN1CCC(CN(C)c2nn3cc(C(C)(C)C)nc3s2)CC1. The topological polar surface area (TPSA) is 36.7 Å². The highest BCUT2D eigenvalue weighted by atomic mass is 32.1. The predicted molar refractivity (Wildman–Crippen MR) is 93.1 cm³/mol. The Morgan fingerprint density at radius 3 is 2.59 bits per heavy atom. The van der Waals surface area contributed by atoms with Gasteiger partial charge in [0.1, 0.15) is 0 Å². The van der Waals surface area contributed by atoms with Gasteiger partial charge in [-0.15, -0.1) is 5.10 Å². The molecule has 3 rings (SSSR count). The van der Waals surface area contributed by atoms with Crippen LogP contribution >= 0.6 is 11.3 Å². The van der Waals surface area contributed by atoms with Crippen LogP contribution in [0.1, 0.15) is 39.3 Å². The van der Waals surface area contributed by atoms with Crippen LogP contribution in [0.25, 0.3) is 4.96 Å². The first-order chi connectivity index (χ1) is 10.3. The lowest BCUT2D eigenvalue weighted by Crippen LogP contribution is -2.35. The van der Waals surface area contributed by atoms with Crippen LogP contribution in [-0.4, -0.2) is 53.2 Å². The molecule has 0 N–H and O–H groups in total. The lowest BCUT2D eigenvalue weighted by molar-refractivity contribution is 0.222. The van der Waals surface area contributed by atoms with Crippen molar-refractivity contribution in [3.63, 3.8) is 0 Å². The van der Waals surface area contributed by atoms with E-state index in [-0.39, 0.29) is 5.41 Å². The Balaban J connectivity index is 1.69. The summed E-state index contributed by atoms with van der Waals surface area (Å²) >= 11 is 1.69. The molecule has 0 aromatic carbocycles. The lowest BCUT2D eigenvalue weighted by Gasteiger charge is -2.31. The minimum absolute atomic E-state index is 0.0770. The number of fused-ring (bicyclic) bond motifs is 1. The number of hydrogen-bond donors (Lipinski definition) is 0. The number of likely N-dealkylation sites (tertiary alicyclic amines) is 1. The Morgan fingerprint density at radius 1 is 1.32 bits per heavy atom. The van der Waals surface area contributed by atoms with Gasteiger partial charge in [0.15, 0.2) is 0 Å². The summed E-state index contributed by atoms with van der Waals surface area (Å²) in [4.78, 5) is 10.4. The Morgan fingerprint density at radius 2 is 2.00 bits per heavy atom. The van der Waals surface area contributed by atoms with E-state index in [1.807, 2.05) is 4.52 Å². The number of piperidine rings is 1. The Labute approximate surface area is 136 Å². The van der Waals surface area contributed by atoms with Crippen molar-refractivity contribution in [1.82, 2.24) is 19.5 Å². The molecule has 0 aliphatic carbocycles. The Bertz CT molecular complexity index is 599. The fourth-order valence-corrected chi connectivity index (χ4v) is 3.77. The highest BCUT2D eigenvalue weighted by molar-refractivity contribution is 7.20. The molecule has 0 saturated carbocycles. The molecule has 1 saturated heterocycles. The van der Waals surface area contributed by atoms with Crippen LogP contribution in [0.15, 0.2) is 6.20 Å². The zero-order valence-corrected chi connectivity index (χ0v) is 15.2. The highest BCUT2D eigenvalue weighted by Crippen LogP contribution is 2.28. The molecule has 0 radical (unpaired) electrons. The van der Waals surface area contributed by atoms with Crippen LogP contribution in [-0.2, 0) is 5.41 Å². The summed E-state index contributed by atoms with van der Waals surface area (Å²) in [6.07, 6.45) is 4.65. The summed E-state index contributed by atoms with van der Waals surface area (Å²) in [6, 6.07) is 0. The average molecular weight is 321 g/mol. The summed E-state index contributed by atoms with van der Waals surface area (Å²) in [6.45, 7) is 10.1. The number of aromatic nitrogens is 3. The molecular formula is C16H27N5S. The maximum Gasteiger partial charge on any atom is 0.214 e. The number of nitrogens with zero attached hydrogens (tertiary/aromatic N) is 5. The van der Waals surface area contributed by atoms with Gasteiger partial charge in [-0.1, -0.05) is 32.1 Å². The summed E-state index contributed by atoms with van der Waals surface area (Å²) in [5.41, 5.74) is 1.18. The van der Waals surface area contributed by atoms with Crippen molar-refractivity contribution in [1.29, 1.82) is 0 Å². The summed E-state index contributed by atoms with van der Waals surface area (Å²) in [5, 5.41) is 5.79. The monoisotopic (exact) mass is 321 g/mol. The third kappa shape index (κ3) is 3.27. The zero-order valence-electron chi connectivity index (χ0n) is 14.3. The van der Waals surface area contributed by atoms with Gasteiger partial charge >= 0.3 is 0 Å². The first-order valence-electron chi connectivity index (χ1n) is 8.09. The average Bonchev–Trinajstić information content (AvgIpc) is 2.99. The number of imidazole rings is 1. The molecule has 0 unspecified atom stereocenters. The van der Waals surface area contributed by atoms with Gasteiger partial charge in [0.25, 0.3) is 0 Å². The quantitative estimate of drug-likeness (QED) is 0.871. The highest BCUT2D eigenvalue weighted by Gasteiger charge is 2.22. The van der Waals surface area contributed by atoms with E-state index in [9.17, 15) is 0 Å². The van der Waals surface area contributed by atoms with Crippen molar-refractivity contribution in [2.24, 2.45) is 5.92 Å². The molecule has 2 aromatic rings. The minimum Gasteiger partial charge on any atom is -0.349 e. The normalized spacial score (nSPS) is 18.2. The Hall–Kier alpha value is -1.14. The smallest absolute Gasteiger partial charge is 0.214 e. The molecular weight excluding hydrogens is 294 g/mol. The number of hydrogen-bond acceptors (Lipinski definition) is 5. The van der Waals surface area contributed by atoms with E-state index in [4.69, 9.17) is 10.1 Å². The van der Waals surface area contributed by atoms with Gasteiger partial charge in [0.2, 0.25) is 10.1 Å². The van der Waals surface area contributed by atoms with E-state index in [2.05, 4.69) is 50.9 Å². The third-order valence-corrected chi connectivity index (χ3v) is 5.53. The van der Waals surface area contributed by atoms with Crippen LogP contribution in [0, 0.1) is 5.92 Å². The third-order valence-electron chi connectivity index (χ3n) is 4.50. The molecule has 1 aliphatic heterocycles. The van der Waals surface area contributed by atoms with E-state index in [0.29, 0.717) is 0 Å². The number of rotatable bonds is 3. The van der Waals surface area contributed by atoms with Crippen LogP contribution in [0.4, 0.5) is 5.13 Å². The van der Waals surface area contributed by atoms with E-state index >= 15 is 0 Å². The first kappa shape index (κ1) is 15.7. The molecule has 2 aromatic heterocycles. The van der Waals surface area contributed by atoms with Gasteiger partial charge in [-0.3, -0.25) is 0 Å². The van der Waals surface area contributed by atoms with Gasteiger partial charge in [-0.05, 0) is 38.9 Å².